The Morgan fingerprint density at radius 1 is 1.14 bits per heavy atom. The third kappa shape index (κ3) is 1.52. The zero-order chi connectivity index (χ0) is 9.97. The minimum Gasteiger partial charge on any atom is -0.358 e. The fourth-order valence-corrected chi connectivity index (χ4v) is 1.77. The number of carbonyl (C=O) groups excluding carboxylic acids is 2. The van der Waals surface area contributed by atoms with Crippen LogP contribution in [0.5, 0.6) is 0 Å². The first kappa shape index (κ1) is 8.90. The summed E-state index contributed by atoms with van der Waals surface area (Å²) in [5.74, 6) is -0.945. The van der Waals surface area contributed by atoms with Crippen LogP contribution < -0.4 is 0 Å². The minimum atomic E-state index is -0.488. The molecule has 3 nitrogen and oxygen atoms in total. The molecule has 0 atom stereocenters. The summed E-state index contributed by atoms with van der Waals surface area (Å²) in [6.45, 7) is 0. The van der Waals surface area contributed by atoms with E-state index in [1.54, 1.807) is 35.8 Å². The van der Waals surface area contributed by atoms with Crippen LogP contribution in [0.15, 0.2) is 35.8 Å². The van der Waals surface area contributed by atoms with Crippen LogP contribution in [-0.4, -0.2) is 16.6 Å². The van der Waals surface area contributed by atoms with Crippen LogP contribution in [0, 0.1) is 0 Å². The Kier molecular flexibility index (Phi) is 2.28. The lowest BCUT2D eigenvalue weighted by Gasteiger charge is -1.93. The Labute approximate surface area is 84.4 Å². The molecular formula is C10H7NO2S. The van der Waals surface area contributed by atoms with Gasteiger partial charge in [0.25, 0.3) is 0 Å². The molecular weight excluding hydrogens is 198 g/mol. The molecule has 70 valence electrons. The lowest BCUT2D eigenvalue weighted by Crippen LogP contribution is -2.13. The molecule has 2 aromatic rings. The van der Waals surface area contributed by atoms with E-state index >= 15 is 0 Å². The maximum absolute atomic E-state index is 11.5. The van der Waals surface area contributed by atoms with Crippen LogP contribution in [0.2, 0.25) is 0 Å². The van der Waals surface area contributed by atoms with Crippen molar-refractivity contribution < 1.29 is 9.59 Å². The molecule has 0 aliphatic carbocycles. The maximum Gasteiger partial charge on any atom is 0.250 e. The Hall–Kier alpha value is -1.68. The second-order valence-corrected chi connectivity index (χ2v) is 3.67. The van der Waals surface area contributed by atoms with Crippen molar-refractivity contribution in [2.75, 3.05) is 0 Å². The number of Topliss-reactive ketones (excluding diaryl/α,β-unsaturated/α-hetero) is 2. The van der Waals surface area contributed by atoms with Crippen molar-refractivity contribution in [3.05, 3.63) is 46.4 Å². The van der Waals surface area contributed by atoms with Crippen LogP contribution in [0.4, 0.5) is 0 Å². The molecule has 1 N–H and O–H groups in total. The van der Waals surface area contributed by atoms with Gasteiger partial charge in [-0.25, -0.2) is 0 Å². The Morgan fingerprint density at radius 2 is 2.00 bits per heavy atom. The zero-order valence-corrected chi connectivity index (χ0v) is 8.01. The van der Waals surface area contributed by atoms with E-state index in [-0.39, 0.29) is 0 Å². The number of aromatic nitrogens is 1. The standard InChI is InChI=1S/C10H7NO2S/c12-9(7-3-1-5-11-7)10(13)8-4-2-6-14-8/h1-6,11H. The average molecular weight is 205 g/mol. The topological polar surface area (TPSA) is 49.9 Å². The third-order valence-corrected chi connectivity index (χ3v) is 2.66. The van der Waals surface area contributed by atoms with Gasteiger partial charge in [0.15, 0.2) is 0 Å². The molecule has 0 aromatic carbocycles. The monoisotopic (exact) mass is 205 g/mol. The molecule has 2 aromatic heterocycles. The van der Waals surface area contributed by atoms with E-state index in [1.807, 2.05) is 0 Å². The quantitative estimate of drug-likeness (QED) is 0.616. The molecule has 2 heterocycles. The highest BCUT2D eigenvalue weighted by atomic mass is 32.1. The molecule has 0 bridgehead atoms. The van der Waals surface area contributed by atoms with Gasteiger partial charge in [0.05, 0.1) is 10.6 Å². The van der Waals surface area contributed by atoms with E-state index in [0.717, 1.165) is 0 Å². The van der Waals surface area contributed by atoms with Crippen molar-refractivity contribution >= 4 is 22.9 Å². The van der Waals surface area contributed by atoms with E-state index in [1.165, 1.54) is 11.3 Å². The van der Waals surface area contributed by atoms with Gasteiger partial charge in [0, 0.05) is 6.20 Å². The summed E-state index contributed by atoms with van der Waals surface area (Å²) < 4.78 is 0. The van der Waals surface area contributed by atoms with Gasteiger partial charge in [-0.15, -0.1) is 11.3 Å². The molecule has 4 heteroatoms. The first-order valence-electron chi connectivity index (χ1n) is 4.05. The van der Waals surface area contributed by atoms with E-state index in [2.05, 4.69) is 4.98 Å². The minimum absolute atomic E-state index is 0.336. The average Bonchev–Trinajstić information content (AvgIpc) is 2.87. The van der Waals surface area contributed by atoms with Gasteiger partial charge in [-0.1, -0.05) is 6.07 Å². The molecule has 0 aliphatic heterocycles. The fourth-order valence-electron chi connectivity index (χ4n) is 1.11. The van der Waals surface area contributed by atoms with Crippen molar-refractivity contribution in [2.45, 2.75) is 0 Å². The molecule has 0 amide bonds. The second-order valence-electron chi connectivity index (χ2n) is 2.72. The number of carbonyl (C=O) groups is 2. The summed E-state index contributed by atoms with van der Waals surface area (Å²) in [5, 5.41) is 1.77. The predicted octanol–water partition coefficient (Wildman–Crippen LogP) is 2.14. The van der Waals surface area contributed by atoms with Gasteiger partial charge in [-0.2, -0.15) is 0 Å². The molecule has 0 fully saturated rings. The summed E-state index contributed by atoms with van der Waals surface area (Å²) in [6, 6.07) is 6.68. The molecule has 0 radical (unpaired) electrons. The lowest BCUT2D eigenvalue weighted by atomic mass is 10.2. The van der Waals surface area contributed by atoms with Crippen LogP contribution in [0.1, 0.15) is 20.2 Å². The summed E-state index contributed by atoms with van der Waals surface area (Å²) in [6.07, 6.45) is 1.62. The molecule has 2 rings (SSSR count). The van der Waals surface area contributed by atoms with Crippen molar-refractivity contribution in [1.29, 1.82) is 0 Å². The van der Waals surface area contributed by atoms with Crippen molar-refractivity contribution in [1.82, 2.24) is 4.98 Å². The van der Waals surface area contributed by atoms with Gasteiger partial charge < -0.3 is 4.98 Å². The van der Waals surface area contributed by atoms with E-state index in [0.29, 0.717) is 10.6 Å². The van der Waals surface area contributed by atoms with Gasteiger partial charge in [-0.3, -0.25) is 9.59 Å². The lowest BCUT2D eigenvalue weighted by molar-refractivity contribution is 0.0817. The number of aromatic amines is 1. The zero-order valence-electron chi connectivity index (χ0n) is 7.19. The van der Waals surface area contributed by atoms with Crippen molar-refractivity contribution in [3.8, 4) is 0 Å². The molecule has 0 aliphatic rings. The van der Waals surface area contributed by atoms with E-state index in [4.69, 9.17) is 0 Å². The predicted molar refractivity (Wildman–Crippen MR) is 53.8 cm³/mol. The molecule has 14 heavy (non-hydrogen) atoms. The van der Waals surface area contributed by atoms with E-state index < -0.39 is 11.6 Å². The number of ketones is 2. The Bertz CT molecular complexity index is 398. The highest BCUT2D eigenvalue weighted by molar-refractivity contribution is 7.13. The van der Waals surface area contributed by atoms with Gasteiger partial charge in [0.2, 0.25) is 11.6 Å². The SMILES string of the molecule is O=C(C(=O)c1cccs1)c1ccc[nH]1. The van der Waals surface area contributed by atoms with E-state index in [9.17, 15) is 9.59 Å². The largest absolute Gasteiger partial charge is 0.358 e. The first-order valence-corrected chi connectivity index (χ1v) is 4.93. The maximum atomic E-state index is 11.5. The van der Waals surface area contributed by atoms with Gasteiger partial charge in [0.1, 0.15) is 0 Å². The fraction of sp³-hybridized carbons (Fsp3) is 0. The van der Waals surface area contributed by atoms with Crippen LogP contribution in [0.25, 0.3) is 0 Å². The number of thiophene rings is 1. The normalized spacial score (nSPS) is 10.0. The number of hydrogen-bond donors (Lipinski definition) is 1. The van der Waals surface area contributed by atoms with Crippen molar-refractivity contribution in [2.24, 2.45) is 0 Å². The molecule has 0 saturated carbocycles. The molecule has 0 spiro atoms. The number of H-pyrrole nitrogens is 1. The summed E-state index contributed by atoms with van der Waals surface area (Å²) in [4.78, 5) is 26.3. The first-order chi connectivity index (χ1) is 6.79. The van der Waals surface area contributed by atoms with Crippen molar-refractivity contribution in [3.63, 3.8) is 0 Å². The second kappa shape index (κ2) is 3.59. The van der Waals surface area contributed by atoms with Gasteiger partial charge in [-0.05, 0) is 23.6 Å². The third-order valence-electron chi connectivity index (χ3n) is 1.79. The number of nitrogens with one attached hydrogen (secondary N) is 1. The van der Waals surface area contributed by atoms with Crippen LogP contribution >= 0.6 is 11.3 Å². The summed E-state index contributed by atoms with van der Waals surface area (Å²) >= 11 is 1.27. The highest BCUT2D eigenvalue weighted by Gasteiger charge is 2.19. The Morgan fingerprint density at radius 3 is 2.57 bits per heavy atom. The number of hydrogen-bond acceptors (Lipinski definition) is 3. The molecule has 0 saturated heterocycles. The highest BCUT2D eigenvalue weighted by Crippen LogP contribution is 2.12. The van der Waals surface area contributed by atoms with Crippen LogP contribution in [0.3, 0.4) is 0 Å². The summed E-state index contributed by atoms with van der Waals surface area (Å²) in [5.41, 5.74) is 0.336. The van der Waals surface area contributed by atoms with Gasteiger partial charge >= 0.3 is 0 Å². The number of rotatable bonds is 3. The Balaban J connectivity index is 2.26. The smallest absolute Gasteiger partial charge is 0.250 e. The van der Waals surface area contributed by atoms with Crippen LogP contribution in [-0.2, 0) is 0 Å². The molecule has 0 unspecified atom stereocenters. The summed E-state index contributed by atoms with van der Waals surface area (Å²) in [7, 11) is 0.